The summed E-state index contributed by atoms with van der Waals surface area (Å²) in [4.78, 5) is 12.7. The summed E-state index contributed by atoms with van der Waals surface area (Å²) in [6, 6.07) is 3.62. The van der Waals surface area contributed by atoms with Crippen LogP contribution in [-0.4, -0.2) is 25.4 Å². The fraction of sp³-hybridized carbons (Fsp3) is 0.444. The molecule has 0 saturated carbocycles. The summed E-state index contributed by atoms with van der Waals surface area (Å²) in [5.74, 6) is 0.0392. The zero-order chi connectivity index (χ0) is 12.2. The molecule has 0 bridgehead atoms. The van der Waals surface area contributed by atoms with Gasteiger partial charge < -0.3 is 0 Å². The van der Waals surface area contributed by atoms with Crippen molar-refractivity contribution in [1.82, 2.24) is 4.72 Å². The van der Waals surface area contributed by atoms with Crippen LogP contribution in [0.3, 0.4) is 0 Å². The van der Waals surface area contributed by atoms with Crippen molar-refractivity contribution in [2.45, 2.75) is 13.3 Å². The van der Waals surface area contributed by atoms with Gasteiger partial charge in [0.05, 0.1) is 4.88 Å². The Morgan fingerprint density at radius 1 is 1.50 bits per heavy atom. The molecule has 0 spiro atoms. The van der Waals surface area contributed by atoms with E-state index in [-0.39, 0.29) is 10.4 Å². The van der Waals surface area contributed by atoms with Crippen molar-refractivity contribution in [3.05, 3.63) is 21.9 Å². The molecule has 0 unspecified atom stereocenters. The molecule has 1 heterocycles. The van der Waals surface area contributed by atoms with E-state index >= 15 is 0 Å². The Kier molecular flexibility index (Phi) is 5.10. The Balaban J connectivity index is 2.46. The summed E-state index contributed by atoms with van der Waals surface area (Å²) in [5, 5.41) is 0. The largest absolute Gasteiger partial charge is 0.294 e. The monoisotopic (exact) mass is 325 g/mol. The minimum atomic E-state index is -3.19. The number of hydrogen-bond acceptors (Lipinski definition) is 4. The molecule has 16 heavy (non-hydrogen) atoms. The molecule has 0 amide bonds. The number of ketones is 1. The highest BCUT2D eigenvalue weighted by Crippen LogP contribution is 2.17. The Morgan fingerprint density at radius 2 is 2.19 bits per heavy atom. The van der Waals surface area contributed by atoms with Crippen LogP contribution in [0.25, 0.3) is 0 Å². The van der Waals surface area contributed by atoms with Crippen LogP contribution in [0.1, 0.15) is 21.5 Å². The maximum Gasteiger partial charge on any atom is 0.221 e. The summed E-state index contributed by atoms with van der Waals surface area (Å²) in [5.41, 5.74) is 0. The molecule has 1 aromatic heterocycles. The molecule has 0 radical (unpaired) electrons. The van der Waals surface area contributed by atoms with Crippen molar-refractivity contribution in [2.24, 2.45) is 0 Å². The molecule has 0 atom stereocenters. The molecule has 1 N–H and O–H groups in total. The lowest BCUT2D eigenvalue weighted by Crippen LogP contribution is -2.26. The first-order valence-electron chi connectivity index (χ1n) is 4.57. The molecule has 0 aliphatic carbocycles. The number of alkyl halides is 1. The molecular formula is C9H12BrNO3S2. The highest BCUT2D eigenvalue weighted by molar-refractivity contribution is 9.10. The Labute approximate surface area is 107 Å². The second-order valence-electron chi connectivity index (χ2n) is 3.19. The standard InChI is InChI=1S/C9H12BrNO3S2/c1-7(12)9-3-2-8(15-9)4-5-11-16(13,14)6-10/h2-3,11H,4-6H2,1H3. The summed E-state index contributed by atoms with van der Waals surface area (Å²) in [6.07, 6.45) is 0.601. The van der Waals surface area contributed by atoms with Gasteiger partial charge in [0, 0.05) is 11.4 Å². The van der Waals surface area contributed by atoms with Crippen LogP contribution in [0, 0.1) is 0 Å². The molecule has 7 heteroatoms. The normalized spacial score (nSPS) is 11.6. The van der Waals surface area contributed by atoms with E-state index in [0.29, 0.717) is 17.8 Å². The number of sulfonamides is 1. The number of rotatable bonds is 6. The van der Waals surface area contributed by atoms with Gasteiger partial charge in [-0.05, 0) is 25.5 Å². The Hall–Kier alpha value is -0.240. The van der Waals surface area contributed by atoms with Crippen LogP contribution < -0.4 is 4.72 Å². The minimum absolute atomic E-state index is 0.0392. The Morgan fingerprint density at radius 3 is 2.69 bits per heavy atom. The number of carbonyl (C=O) groups is 1. The second-order valence-corrected chi connectivity index (χ2v) is 7.47. The summed E-state index contributed by atoms with van der Waals surface area (Å²) in [7, 11) is -3.19. The number of hydrogen-bond donors (Lipinski definition) is 1. The molecule has 1 aromatic rings. The fourth-order valence-corrected chi connectivity index (χ4v) is 2.95. The average molecular weight is 326 g/mol. The van der Waals surface area contributed by atoms with Crippen molar-refractivity contribution < 1.29 is 13.2 Å². The lowest BCUT2D eigenvalue weighted by Gasteiger charge is -2.01. The van der Waals surface area contributed by atoms with Gasteiger partial charge >= 0.3 is 0 Å². The van der Waals surface area contributed by atoms with Gasteiger partial charge in [-0.2, -0.15) is 0 Å². The van der Waals surface area contributed by atoms with Crippen molar-refractivity contribution in [2.75, 3.05) is 11.2 Å². The van der Waals surface area contributed by atoms with E-state index in [0.717, 1.165) is 4.88 Å². The molecule has 90 valence electrons. The van der Waals surface area contributed by atoms with Crippen molar-refractivity contribution in [1.29, 1.82) is 0 Å². The van der Waals surface area contributed by atoms with Crippen molar-refractivity contribution in [3.63, 3.8) is 0 Å². The zero-order valence-electron chi connectivity index (χ0n) is 8.70. The second kappa shape index (κ2) is 5.90. The first kappa shape index (κ1) is 13.8. The van der Waals surface area contributed by atoms with Gasteiger partial charge in [-0.3, -0.25) is 4.79 Å². The van der Waals surface area contributed by atoms with E-state index in [1.165, 1.54) is 18.3 Å². The molecule has 0 aliphatic heterocycles. The van der Waals surface area contributed by atoms with E-state index < -0.39 is 10.0 Å². The maximum atomic E-state index is 11.1. The van der Waals surface area contributed by atoms with E-state index in [9.17, 15) is 13.2 Å². The average Bonchev–Trinajstić information content (AvgIpc) is 2.66. The van der Waals surface area contributed by atoms with Crippen LogP contribution in [0.2, 0.25) is 0 Å². The molecule has 1 rings (SSSR count). The maximum absolute atomic E-state index is 11.1. The number of Topliss-reactive ketones (excluding diaryl/α,β-unsaturated/α-hetero) is 1. The smallest absolute Gasteiger partial charge is 0.221 e. The van der Waals surface area contributed by atoms with Gasteiger partial charge in [0.1, 0.15) is 4.66 Å². The Bertz CT molecular complexity index is 467. The third-order valence-electron chi connectivity index (χ3n) is 1.85. The zero-order valence-corrected chi connectivity index (χ0v) is 11.9. The fourth-order valence-electron chi connectivity index (χ4n) is 1.07. The van der Waals surface area contributed by atoms with E-state index in [2.05, 4.69) is 20.7 Å². The van der Waals surface area contributed by atoms with Crippen LogP contribution >= 0.6 is 27.3 Å². The van der Waals surface area contributed by atoms with E-state index in [1.54, 1.807) is 6.07 Å². The molecular weight excluding hydrogens is 314 g/mol. The quantitative estimate of drug-likeness (QED) is 0.640. The van der Waals surface area contributed by atoms with E-state index in [4.69, 9.17) is 0 Å². The van der Waals surface area contributed by atoms with Crippen LogP contribution in [0.15, 0.2) is 12.1 Å². The van der Waals surface area contributed by atoms with Gasteiger partial charge in [-0.25, -0.2) is 13.1 Å². The highest BCUT2D eigenvalue weighted by atomic mass is 79.9. The summed E-state index contributed by atoms with van der Waals surface area (Å²) >= 11 is 4.29. The predicted molar refractivity (Wildman–Crippen MR) is 68.7 cm³/mol. The van der Waals surface area contributed by atoms with Gasteiger partial charge in [0.2, 0.25) is 10.0 Å². The van der Waals surface area contributed by atoms with Crippen molar-refractivity contribution >= 4 is 43.1 Å². The van der Waals surface area contributed by atoms with Crippen LogP contribution in [0.4, 0.5) is 0 Å². The summed E-state index contributed by atoms with van der Waals surface area (Å²) < 4.78 is 24.5. The molecule has 0 saturated heterocycles. The molecule has 0 fully saturated rings. The minimum Gasteiger partial charge on any atom is -0.294 e. The third-order valence-corrected chi connectivity index (χ3v) is 5.83. The van der Waals surface area contributed by atoms with Gasteiger partial charge in [0.15, 0.2) is 5.78 Å². The van der Waals surface area contributed by atoms with Gasteiger partial charge in [0.25, 0.3) is 0 Å². The number of carbonyl (C=O) groups excluding carboxylic acids is 1. The highest BCUT2D eigenvalue weighted by Gasteiger charge is 2.08. The molecule has 0 aromatic carbocycles. The van der Waals surface area contributed by atoms with Gasteiger partial charge in [-0.15, -0.1) is 11.3 Å². The SMILES string of the molecule is CC(=O)c1ccc(CCNS(=O)(=O)CBr)s1. The number of halogens is 1. The van der Waals surface area contributed by atoms with E-state index in [1.807, 2.05) is 6.07 Å². The predicted octanol–water partition coefficient (Wildman–Crippen LogP) is 1.76. The summed E-state index contributed by atoms with van der Waals surface area (Å²) in [6.45, 7) is 1.87. The number of nitrogens with one attached hydrogen (secondary N) is 1. The first-order chi connectivity index (χ1) is 7.44. The third kappa shape index (κ3) is 4.32. The molecule has 4 nitrogen and oxygen atoms in total. The molecule has 0 aliphatic rings. The first-order valence-corrected chi connectivity index (χ1v) is 8.16. The lowest BCUT2D eigenvalue weighted by atomic mass is 10.3. The lowest BCUT2D eigenvalue weighted by molar-refractivity contribution is 0.102. The van der Waals surface area contributed by atoms with Crippen molar-refractivity contribution in [3.8, 4) is 0 Å². The number of thiophene rings is 1. The topological polar surface area (TPSA) is 63.2 Å². The van der Waals surface area contributed by atoms with Crippen LogP contribution in [0.5, 0.6) is 0 Å². The van der Waals surface area contributed by atoms with Crippen LogP contribution in [-0.2, 0) is 16.4 Å². The van der Waals surface area contributed by atoms with Gasteiger partial charge in [-0.1, -0.05) is 15.9 Å².